The van der Waals surface area contributed by atoms with Gasteiger partial charge in [0.05, 0.1) is 100 Å². The minimum Gasteiger partial charge on any atom is -0.504 e. The summed E-state index contributed by atoms with van der Waals surface area (Å²) >= 11 is 19.5. The summed E-state index contributed by atoms with van der Waals surface area (Å²) in [5.41, 5.74) is -9.37. The number of pyridine rings is 9. The Bertz CT molecular complexity index is 7190. The summed E-state index contributed by atoms with van der Waals surface area (Å²) in [6.07, 6.45) is 2.32. The van der Waals surface area contributed by atoms with Crippen molar-refractivity contribution in [2.45, 2.75) is 86.2 Å². The van der Waals surface area contributed by atoms with Crippen LogP contribution in [0.3, 0.4) is 0 Å². The third kappa shape index (κ3) is 17.6. The Morgan fingerprint density at radius 3 is 0.862 bits per heavy atom. The minimum atomic E-state index is -5.73. The van der Waals surface area contributed by atoms with Crippen LogP contribution in [0.2, 0.25) is 15.1 Å². The van der Waals surface area contributed by atoms with E-state index in [0.717, 1.165) is 25.8 Å². The molecule has 0 radical (unpaired) electrons. The van der Waals surface area contributed by atoms with Gasteiger partial charge in [-0.3, -0.25) is 57.4 Å². The van der Waals surface area contributed by atoms with E-state index in [1.165, 1.54) is 47.8 Å². The molecule has 0 saturated carbocycles. The Balaban J connectivity index is 0.000000175. The van der Waals surface area contributed by atoms with Crippen LogP contribution in [0.15, 0.2) is 107 Å². The second-order valence-electron chi connectivity index (χ2n) is 32.6. The maximum Gasteiger partial charge on any atom is 0.422 e. The number of nitriles is 3. The van der Waals surface area contributed by atoms with E-state index in [2.05, 4.69) is 49.6 Å². The summed E-state index contributed by atoms with van der Waals surface area (Å²) in [6.45, 7) is 28.6. The summed E-state index contributed by atoms with van der Waals surface area (Å²) in [5.74, 6) is -31.1. The second kappa shape index (κ2) is 39.4. The maximum atomic E-state index is 15.5. The summed E-state index contributed by atoms with van der Waals surface area (Å²) in [5, 5.41) is 60.9. The highest BCUT2D eigenvalue weighted by Crippen LogP contribution is 2.50. The predicted molar refractivity (Wildman–Crippen MR) is 484 cm³/mol. The van der Waals surface area contributed by atoms with Crippen LogP contribution < -0.4 is 31.4 Å². The van der Waals surface area contributed by atoms with Gasteiger partial charge in [0.15, 0.2) is 52.2 Å². The molecule has 12 heterocycles. The molecule has 15 rings (SSSR count). The summed E-state index contributed by atoms with van der Waals surface area (Å²) in [7, 11) is 0. The molecule has 3 amide bonds. The van der Waals surface area contributed by atoms with Gasteiger partial charge < -0.3 is 44.7 Å². The molecule has 3 N–H and O–H groups in total. The third-order valence-electron chi connectivity index (χ3n) is 23.4. The van der Waals surface area contributed by atoms with Crippen molar-refractivity contribution in [2.75, 3.05) is 93.2 Å². The largest absolute Gasteiger partial charge is 0.504 e. The number of nitrogens with zero attached hydrogens (tertiary/aromatic N) is 18. The molecule has 3 aliphatic rings. The molecule has 0 bridgehead atoms. The number of phenolic OH excluding ortho intramolecular Hbond substituents is 3. The Hall–Kier alpha value is -15.0. The molecular weight excluding hydrogens is 1900 g/mol. The number of aromatic nitrogens is 9. The SMILES string of the molecule is C=CC(=O)N1CCN(c2c(C#N)c(=O)n(-c3c(C)ccnc3C(C)C)c3nc(-c4c(O)c(F)c(F)c(C(F)(F)F)c4F)c(Cl)cc23)CC1.C=CC(=O)N1CCN(c2c(C#N)c(=O)n(-c3c(C)ccnc3C(C)C)c3nc(-c4c(O)c(F)c(F)c(F)c4F)c(Cl)cc23)CC1.C=CC(=O)N1CCN(c2c(C#N)c(=O)n(-c3c(C)ccnc3C(C)C)c3nc(-c4c(O)c(F)c(F)c(F)c4F)c(Cl)cc23)CC1. The zero-order valence-corrected chi connectivity index (χ0v) is 76.3. The van der Waals surface area contributed by atoms with E-state index in [1.54, 1.807) is 77.3 Å². The molecule has 9 aromatic heterocycles. The van der Waals surface area contributed by atoms with Crippen LogP contribution in [0.1, 0.15) is 115 Å². The molecule has 0 unspecified atom stereocenters. The Morgan fingerprint density at radius 2 is 0.630 bits per heavy atom. The van der Waals surface area contributed by atoms with E-state index in [0.29, 0.717) is 33.8 Å². The molecular formula is C94H75Cl3F14N18O9. The average Bonchev–Trinajstić information content (AvgIpc) is 0.733. The molecule has 0 spiro atoms. The van der Waals surface area contributed by atoms with E-state index in [-0.39, 0.29) is 198 Å². The van der Waals surface area contributed by atoms with Crippen molar-refractivity contribution in [3.05, 3.63) is 259 Å². The van der Waals surface area contributed by atoms with Gasteiger partial charge in [-0.25, -0.2) is 50.1 Å². The highest BCUT2D eigenvalue weighted by atomic mass is 35.5. The summed E-state index contributed by atoms with van der Waals surface area (Å²) in [4.78, 5) is 115. The highest BCUT2D eigenvalue weighted by molar-refractivity contribution is 6.35. The standard InChI is InChI=1S/C32H25ClF6N6O3.2C31H25ClF4N6O3/c1-5-19(46)43-8-10-44(11-9-43)28-16-12-18(33)26(20-22(34)21(32(37,38)39)23(35)24(36)29(20)47)42-30(16)45(31(48)17(28)13-40)27-15(4)6-7-41-25(27)14(2)3;2*1-5-19(43)40-8-10-41(11-9-40)28-16-12-18(32)26(20-21(33)22(34)23(35)24(36)29(20)44)39-30(16)42(31(45)17(28)13-37)27-15(4)6-7-38-25(27)14(2)3/h5-7,12,14,47H,1,8-11H2,2-4H3;2*5-7,12,14,44H,1,8-11H2,2-4H3. The lowest BCUT2D eigenvalue weighted by Gasteiger charge is -2.36. The second-order valence-corrected chi connectivity index (χ2v) is 33.8. The van der Waals surface area contributed by atoms with Crippen LogP contribution in [0, 0.1) is 119 Å². The Kier molecular flexibility index (Phi) is 28.6. The molecule has 3 saturated heterocycles. The summed E-state index contributed by atoms with van der Waals surface area (Å²) in [6, 6.07) is 14.2. The van der Waals surface area contributed by atoms with Gasteiger partial charge in [-0.1, -0.05) is 96.1 Å². The normalized spacial score (nSPS) is 13.5. The van der Waals surface area contributed by atoms with Gasteiger partial charge in [-0.15, -0.1) is 0 Å². The Labute approximate surface area is 788 Å². The summed E-state index contributed by atoms with van der Waals surface area (Å²) < 4.78 is 205. The van der Waals surface area contributed by atoms with Gasteiger partial charge in [0.1, 0.15) is 57.4 Å². The topological polar surface area (TPSA) is 346 Å². The van der Waals surface area contributed by atoms with E-state index < -0.39 is 158 Å². The van der Waals surface area contributed by atoms with E-state index in [4.69, 9.17) is 34.8 Å². The van der Waals surface area contributed by atoms with Crippen LogP contribution >= 0.6 is 34.8 Å². The number of benzene rings is 3. The van der Waals surface area contributed by atoms with Crippen molar-refractivity contribution in [3.63, 3.8) is 0 Å². The van der Waals surface area contributed by atoms with Crippen molar-refractivity contribution in [1.82, 2.24) is 58.3 Å². The van der Waals surface area contributed by atoms with Gasteiger partial charge in [-0.05, 0) is 110 Å². The number of amides is 3. The maximum absolute atomic E-state index is 15.5. The predicted octanol–water partition coefficient (Wildman–Crippen LogP) is 17.4. The lowest BCUT2D eigenvalue weighted by molar-refractivity contribution is -0.142. The fourth-order valence-electron chi connectivity index (χ4n) is 16.7. The first-order valence-electron chi connectivity index (χ1n) is 41.7. The molecule has 3 aromatic carbocycles. The van der Waals surface area contributed by atoms with Crippen LogP contribution in [0.25, 0.3) is 83.9 Å². The smallest absolute Gasteiger partial charge is 0.422 e. The van der Waals surface area contributed by atoms with Gasteiger partial charge in [0.25, 0.3) is 16.7 Å². The fraction of sp³-hybridized carbons (Fsp3) is 0.266. The zero-order chi connectivity index (χ0) is 101. The molecule has 0 aliphatic carbocycles. The van der Waals surface area contributed by atoms with E-state index >= 15 is 13.2 Å². The number of hydrogen-bond acceptors (Lipinski definition) is 21. The zero-order valence-electron chi connectivity index (χ0n) is 74.0. The number of aryl methyl sites for hydroxylation is 3. The van der Waals surface area contributed by atoms with Crippen molar-refractivity contribution in [2.24, 2.45) is 0 Å². The Morgan fingerprint density at radius 1 is 0.391 bits per heavy atom. The van der Waals surface area contributed by atoms with Crippen LogP contribution in [0.5, 0.6) is 17.2 Å². The van der Waals surface area contributed by atoms with E-state index in [9.17, 15) is 108 Å². The first-order valence-corrected chi connectivity index (χ1v) is 42.9. The van der Waals surface area contributed by atoms with Crippen molar-refractivity contribution in [3.8, 4) is 86.3 Å². The molecule has 3 fully saturated rings. The molecule has 44 heteroatoms. The quantitative estimate of drug-likeness (QED) is 0.0371. The highest BCUT2D eigenvalue weighted by Gasteiger charge is 2.45. The molecule has 714 valence electrons. The van der Waals surface area contributed by atoms with Crippen molar-refractivity contribution < 1.29 is 91.2 Å². The third-order valence-corrected chi connectivity index (χ3v) is 24.2. The molecule has 3 aliphatic heterocycles. The van der Waals surface area contributed by atoms with Gasteiger partial charge in [-0.2, -0.15) is 42.1 Å². The molecule has 0 atom stereocenters. The van der Waals surface area contributed by atoms with Crippen molar-refractivity contribution in [1.29, 1.82) is 15.8 Å². The fourth-order valence-corrected chi connectivity index (χ4v) is 17.5. The number of carbonyl (C=O) groups is 3. The number of carbonyl (C=O) groups excluding carboxylic acids is 3. The first kappa shape index (κ1) is 100. The number of phenols is 3. The lowest BCUT2D eigenvalue weighted by Crippen LogP contribution is -2.49. The van der Waals surface area contributed by atoms with Gasteiger partial charge in [0.2, 0.25) is 46.8 Å². The van der Waals surface area contributed by atoms with Gasteiger partial charge in [0, 0.05) is 113 Å². The van der Waals surface area contributed by atoms with Crippen LogP contribution in [-0.2, 0) is 20.6 Å². The first-order chi connectivity index (χ1) is 65.2. The van der Waals surface area contributed by atoms with Gasteiger partial charge >= 0.3 is 6.18 Å². The number of halogens is 17. The molecule has 138 heavy (non-hydrogen) atoms. The van der Waals surface area contributed by atoms with Crippen LogP contribution in [-0.4, -0.2) is 170 Å². The number of aromatic hydroxyl groups is 3. The lowest BCUT2D eigenvalue weighted by atomic mass is 10.0. The number of fused-ring (bicyclic) bond motifs is 3. The van der Waals surface area contributed by atoms with Crippen molar-refractivity contribution >= 4 is 103 Å². The number of hydrogen-bond donors (Lipinski definition) is 3. The molecule has 27 nitrogen and oxygen atoms in total. The van der Waals surface area contributed by atoms with E-state index in [1.807, 2.05) is 45.9 Å². The minimum absolute atomic E-state index is 0.000108. The monoisotopic (exact) mass is 1970 g/mol. The number of alkyl halides is 3. The molecule has 12 aromatic rings. The number of rotatable bonds is 15. The van der Waals surface area contributed by atoms with Crippen LogP contribution in [0.4, 0.5) is 78.5 Å². The number of piperazine rings is 3. The average molecular weight is 1970 g/mol. The number of anilines is 3.